The van der Waals surface area contributed by atoms with Crippen molar-refractivity contribution in [3.05, 3.63) is 0 Å². The Kier molecular flexibility index (Phi) is 3.42. The minimum Gasteiger partial charge on any atom is -0.373 e. The second kappa shape index (κ2) is 4.37. The quantitative estimate of drug-likeness (QED) is 0.654. The van der Waals surface area contributed by atoms with Crippen LogP contribution in [0.5, 0.6) is 0 Å². The summed E-state index contributed by atoms with van der Waals surface area (Å²) in [5.41, 5.74) is 0. The van der Waals surface area contributed by atoms with Gasteiger partial charge >= 0.3 is 0 Å². The summed E-state index contributed by atoms with van der Waals surface area (Å²) in [6.45, 7) is 2.00. The highest BCUT2D eigenvalue weighted by Gasteiger charge is 2.33. The van der Waals surface area contributed by atoms with E-state index in [1.807, 2.05) is 6.92 Å². The molecule has 0 spiro atoms. The van der Waals surface area contributed by atoms with Crippen LogP contribution in [0, 0.1) is 0 Å². The molecule has 4 nitrogen and oxygen atoms in total. The molecule has 0 saturated carbocycles. The first kappa shape index (κ1) is 10.2. The lowest BCUT2D eigenvalue weighted by atomic mass is 10.2. The number of amides is 2. The molecule has 13 heavy (non-hydrogen) atoms. The van der Waals surface area contributed by atoms with Gasteiger partial charge in [0.25, 0.3) is 0 Å². The molecule has 2 amide bonds. The van der Waals surface area contributed by atoms with E-state index in [4.69, 9.17) is 0 Å². The first-order valence-corrected chi connectivity index (χ1v) is 4.69. The number of aliphatic hydroxyl groups is 1. The van der Waals surface area contributed by atoms with Crippen molar-refractivity contribution >= 4 is 11.8 Å². The Hall–Kier alpha value is -0.900. The Morgan fingerprint density at radius 3 is 2.38 bits per heavy atom. The van der Waals surface area contributed by atoms with Crippen LogP contribution in [0.3, 0.4) is 0 Å². The van der Waals surface area contributed by atoms with E-state index in [1.165, 1.54) is 0 Å². The summed E-state index contributed by atoms with van der Waals surface area (Å²) in [5.74, 6) is -0.484. The van der Waals surface area contributed by atoms with Crippen molar-refractivity contribution in [2.75, 3.05) is 0 Å². The van der Waals surface area contributed by atoms with Gasteiger partial charge in [0.1, 0.15) is 6.23 Å². The van der Waals surface area contributed by atoms with Gasteiger partial charge in [-0.1, -0.05) is 13.3 Å². The van der Waals surface area contributed by atoms with Crippen LogP contribution in [0.1, 0.15) is 39.0 Å². The Morgan fingerprint density at radius 1 is 1.38 bits per heavy atom. The minimum atomic E-state index is -0.901. The third-order valence-corrected chi connectivity index (χ3v) is 2.20. The highest BCUT2D eigenvalue weighted by molar-refractivity contribution is 6.02. The average molecular weight is 185 g/mol. The van der Waals surface area contributed by atoms with E-state index in [-0.39, 0.29) is 24.7 Å². The Bertz CT molecular complexity index is 199. The van der Waals surface area contributed by atoms with Crippen LogP contribution in [0.4, 0.5) is 0 Å². The second-order valence-electron chi connectivity index (χ2n) is 3.28. The van der Waals surface area contributed by atoms with Gasteiger partial charge in [0.15, 0.2) is 0 Å². The number of aliphatic hydroxyl groups excluding tert-OH is 1. The molecule has 1 saturated heterocycles. The van der Waals surface area contributed by atoms with Crippen molar-refractivity contribution in [2.45, 2.75) is 45.3 Å². The van der Waals surface area contributed by atoms with E-state index in [1.54, 1.807) is 0 Å². The molecule has 1 fully saturated rings. The number of nitrogens with zero attached hydrogens (tertiary/aromatic N) is 1. The van der Waals surface area contributed by atoms with Crippen molar-refractivity contribution in [3.63, 3.8) is 0 Å². The first-order valence-electron chi connectivity index (χ1n) is 4.69. The molecular formula is C9H15NO3. The molecule has 1 unspecified atom stereocenters. The standard InChI is InChI=1S/C9H15NO3/c1-2-3-4-7(11)10-8(12)5-6-9(10)13/h7,11H,2-6H2,1H3. The third kappa shape index (κ3) is 2.28. The maximum atomic E-state index is 11.1. The van der Waals surface area contributed by atoms with Crippen molar-refractivity contribution < 1.29 is 14.7 Å². The van der Waals surface area contributed by atoms with Crippen molar-refractivity contribution in [1.82, 2.24) is 4.90 Å². The van der Waals surface area contributed by atoms with Gasteiger partial charge < -0.3 is 5.11 Å². The van der Waals surface area contributed by atoms with Gasteiger partial charge in [-0.05, 0) is 12.8 Å². The summed E-state index contributed by atoms with van der Waals surface area (Å²) in [6.07, 6.45) is 1.88. The summed E-state index contributed by atoms with van der Waals surface area (Å²) in [6, 6.07) is 0. The summed E-state index contributed by atoms with van der Waals surface area (Å²) < 4.78 is 0. The maximum absolute atomic E-state index is 11.1. The molecular weight excluding hydrogens is 170 g/mol. The Morgan fingerprint density at radius 2 is 1.92 bits per heavy atom. The summed E-state index contributed by atoms with van der Waals surface area (Å²) in [4.78, 5) is 23.3. The zero-order chi connectivity index (χ0) is 9.84. The molecule has 0 aliphatic carbocycles. The molecule has 0 aromatic carbocycles. The molecule has 0 aromatic heterocycles. The van der Waals surface area contributed by atoms with E-state index in [9.17, 15) is 14.7 Å². The zero-order valence-electron chi connectivity index (χ0n) is 7.82. The first-order chi connectivity index (χ1) is 6.16. The molecule has 1 aliphatic rings. The Labute approximate surface area is 77.5 Å². The topological polar surface area (TPSA) is 57.6 Å². The van der Waals surface area contributed by atoms with Gasteiger partial charge in [-0.25, -0.2) is 0 Å². The molecule has 1 atom stereocenters. The molecule has 0 bridgehead atoms. The number of hydrogen-bond acceptors (Lipinski definition) is 3. The summed E-state index contributed by atoms with van der Waals surface area (Å²) in [5, 5.41) is 9.51. The number of hydrogen-bond donors (Lipinski definition) is 1. The largest absolute Gasteiger partial charge is 0.373 e. The van der Waals surface area contributed by atoms with Gasteiger partial charge in [-0.3, -0.25) is 14.5 Å². The predicted molar refractivity (Wildman–Crippen MR) is 46.6 cm³/mol. The monoisotopic (exact) mass is 185 g/mol. The number of imide groups is 1. The predicted octanol–water partition coefficient (Wildman–Crippen LogP) is 0.644. The molecule has 0 radical (unpaired) electrons. The summed E-state index contributed by atoms with van der Waals surface area (Å²) >= 11 is 0. The van der Waals surface area contributed by atoms with Crippen molar-refractivity contribution in [3.8, 4) is 0 Å². The van der Waals surface area contributed by atoms with E-state index in [0.717, 1.165) is 17.7 Å². The molecule has 1 rings (SSSR count). The lowest BCUT2D eigenvalue weighted by Gasteiger charge is -2.20. The number of carbonyl (C=O) groups excluding carboxylic acids is 2. The SMILES string of the molecule is CCCCC(O)N1C(=O)CCC1=O. The fourth-order valence-electron chi connectivity index (χ4n) is 1.44. The van der Waals surface area contributed by atoms with E-state index < -0.39 is 6.23 Å². The second-order valence-corrected chi connectivity index (χ2v) is 3.28. The molecule has 0 aromatic rings. The van der Waals surface area contributed by atoms with Crippen LogP contribution in [0.25, 0.3) is 0 Å². The van der Waals surface area contributed by atoms with Crippen LogP contribution >= 0.6 is 0 Å². The van der Waals surface area contributed by atoms with Gasteiger partial charge in [-0.2, -0.15) is 0 Å². The van der Waals surface area contributed by atoms with Gasteiger partial charge in [0, 0.05) is 12.8 Å². The zero-order valence-corrected chi connectivity index (χ0v) is 7.82. The van der Waals surface area contributed by atoms with Crippen molar-refractivity contribution in [1.29, 1.82) is 0 Å². The van der Waals surface area contributed by atoms with Gasteiger partial charge in [-0.15, -0.1) is 0 Å². The highest BCUT2D eigenvalue weighted by Crippen LogP contribution is 2.17. The van der Waals surface area contributed by atoms with Crippen LogP contribution in [-0.4, -0.2) is 28.0 Å². The summed E-state index contributed by atoms with van der Waals surface area (Å²) in [7, 11) is 0. The Balaban J connectivity index is 2.49. The fraction of sp³-hybridized carbons (Fsp3) is 0.778. The van der Waals surface area contributed by atoms with Gasteiger partial charge in [0.2, 0.25) is 11.8 Å². The average Bonchev–Trinajstić information content (AvgIpc) is 2.42. The molecule has 4 heteroatoms. The fourth-order valence-corrected chi connectivity index (χ4v) is 1.44. The highest BCUT2D eigenvalue weighted by atomic mass is 16.3. The lowest BCUT2D eigenvalue weighted by molar-refractivity contribution is -0.149. The third-order valence-electron chi connectivity index (χ3n) is 2.20. The molecule has 1 heterocycles. The molecule has 1 N–H and O–H groups in total. The van der Waals surface area contributed by atoms with E-state index >= 15 is 0 Å². The molecule has 1 aliphatic heterocycles. The van der Waals surface area contributed by atoms with Crippen molar-refractivity contribution in [2.24, 2.45) is 0 Å². The molecule has 74 valence electrons. The number of carbonyl (C=O) groups is 2. The normalized spacial score (nSPS) is 19.7. The van der Waals surface area contributed by atoms with Crippen LogP contribution in [0.15, 0.2) is 0 Å². The van der Waals surface area contributed by atoms with Gasteiger partial charge in [0.05, 0.1) is 0 Å². The number of likely N-dealkylation sites (tertiary alicyclic amines) is 1. The van der Waals surface area contributed by atoms with Crippen LogP contribution in [-0.2, 0) is 9.59 Å². The smallest absolute Gasteiger partial charge is 0.231 e. The maximum Gasteiger partial charge on any atom is 0.231 e. The van der Waals surface area contributed by atoms with E-state index in [0.29, 0.717) is 6.42 Å². The lowest BCUT2D eigenvalue weighted by Crippen LogP contribution is -2.39. The minimum absolute atomic E-state index is 0.242. The number of unbranched alkanes of at least 4 members (excludes halogenated alkanes) is 1. The van der Waals surface area contributed by atoms with Crippen LogP contribution in [0.2, 0.25) is 0 Å². The van der Waals surface area contributed by atoms with E-state index in [2.05, 4.69) is 0 Å². The van der Waals surface area contributed by atoms with Crippen LogP contribution < -0.4 is 0 Å². The number of rotatable bonds is 4.